The third-order valence-corrected chi connectivity index (χ3v) is 7.84. The minimum atomic E-state index is -4.47. The number of anilines is 1. The van der Waals surface area contributed by atoms with Crippen molar-refractivity contribution in [3.8, 4) is 22.8 Å². The van der Waals surface area contributed by atoms with Crippen LogP contribution in [0.3, 0.4) is 0 Å². The second-order valence-corrected chi connectivity index (χ2v) is 10.7. The molecule has 1 saturated carbocycles. The van der Waals surface area contributed by atoms with E-state index in [2.05, 4.69) is 25.3 Å². The summed E-state index contributed by atoms with van der Waals surface area (Å²) in [7, 11) is 1.53. The molecule has 2 fully saturated rings. The lowest BCUT2D eigenvalue weighted by Gasteiger charge is -2.26. The molecule has 1 N–H and O–H groups in total. The molecule has 4 aromatic rings. The second-order valence-electron chi connectivity index (χ2n) is 10.7. The van der Waals surface area contributed by atoms with E-state index in [1.165, 1.54) is 25.4 Å². The molecule has 6 rings (SSSR count). The van der Waals surface area contributed by atoms with Gasteiger partial charge in [-0.15, -0.1) is 0 Å². The number of alkyl halides is 3. The second kappa shape index (κ2) is 12.0. The quantitative estimate of drug-likeness (QED) is 0.249. The molecule has 0 atom stereocenters. The molecule has 14 heteroatoms. The average molecular weight is 616 g/mol. The topological polar surface area (TPSA) is 112 Å². The summed E-state index contributed by atoms with van der Waals surface area (Å²) in [4.78, 5) is 23.9. The molecule has 0 radical (unpaired) electrons. The summed E-state index contributed by atoms with van der Waals surface area (Å²) in [5, 5.41) is 5.90. The van der Waals surface area contributed by atoms with Crippen molar-refractivity contribution in [3.05, 3.63) is 59.7 Å². The van der Waals surface area contributed by atoms with E-state index >= 15 is 4.39 Å². The van der Waals surface area contributed by atoms with Crippen molar-refractivity contribution in [3.63, 3.8) is 0 Å². The SMILES string of the molecule is COc1cc2nc(-c3ccc(CC(=O)Nc4cc(C5(C(F)(F)F)CC5)on4)c(F)c3)cnc2cc1OCCN1CCOCC1. The van der Waals surface area contributed by atoms with Crippen molar-refractivity contribution in [2.45, 2.75) is 30.9 Å². The highest BCUT2D eigenvalue weighted by molar-refractivity contribution is 5.91. The van der Waals surface area contributed by atoms with Gasteiger partial charge < -0.3 is 24.1 Å². The van der Waals surface area contributed by atoms with Gasteiger partial charge >= 0.3 is 6.18 Å². The third-order valence-electron chi connectivity index (χ3n) is 7.84. The van der Waals surface area contributed by atoms with Crippen molar-refractivity contribution in [1.82, 2.24) is 20.0 Å². The highest BCUT2D eigenvalue weighted by Crippen LogP contribution is 2.59. The third kappa shape index (κ3) is 6.17. The summed E-state index contributed by atoms with van der Waals surface area (Å²) < 4.78 is 76.7. The zero-order valence-electron chi connectivity index (χ0n) is 23.7. The van der Waals surface area contributed by atoms with Gasteiger partial charge in [-0.2, -0.15) is 13.2 Å². The molecule has 44 heavy (non-hydrogen) atoms. The van der Waals surface area contributed by atoms with E-state index in [1.807, 2.05) is 0 Å². The van der Waals surface area contributed by atoms with E-state index in [4.69, 9.17) is 18.7 Å². The van der Waals surface area contributed by atoms with Crippen LogP contribution in [0.1, 0.15) is 24.2 Å². The minimum Gasteiger partial charge on any atom is -0.493 e. The number of hydrogen-bond donors (Lipinski definition) is 1. The Morgan fingerprint density at radius 3 is 2.57 bits per heavy atom. The number of nitrogens with zero attached hydrogens (tertiary/aromatic N) is 4. The minimum absolute atomic E-state index is 0.0817. The van der Waals surface area contributed by atoms with Crippen molar-refractivity contribution in [1.29, 1.82) is 0 Å². The average Bonchev–Trinajstić information content (AvgIpc) is 3.71. The van der Waals surface area contributed by atoms with Crippen LogP contribution in [0.15, 0.2) is 47.1 Å². The Bertz CT molecular complexity index is 1670. The van der Waals surface area contributed by atoms with Crippen LogP contribution in [-0.2, 0) is 21.4 Å². The van der Waals surface area contributed by atoms with Gasteiger partial charge in [-0.05, 0) is 24.5 Å². The molecule has 1 aliphatic carbocycles. The summed E-state index contributed by atoms with van der Waals surface area (Å²) in [6.45, 7) is 4.36. The van der Waals surface area contributed by atoms with Gasteiger partial charge in [0.1, 0.15) is 17.8 Å². The molecule has 2 aromatic carbocycles. The van der Waals surface area contributed by atoms with Crippen LogP contribution in [0.4, 0.5) is 23.4 Å². The number of fused-ring (bicyclic) bond motifs is 1. The van der Waals surface area contributed by atoms with Crippen molar-refractivity contribution in [2.24, 2.45) is 0 Å². The molecular formula is C30H29F4N5O5. The Kier molecular flexibility index (Phi) is 8.12. The lowest BCUT2D eigenvalue weighted by molar-refractivity contribution is -0.165. The van der Waals surface area contributed by atoms with Crippen LogP contribution in [0.2, 0.25) is 0 Å². The predicted octanol–water partition coefficient (Wildman–Crippen LogP) is 4.92. The molecule has 10 nitrogen and oxygen atoms in total. The van der Waals surface area contributed by atoms with E-state index < -0.39 is 23.3 Å². The fraction of sp³-hybridized carbons (Fsp3) is 0.400. The molecule has 232 valence electrons. The number of morpholine rings is 1. The van der Waals surface area contributed by atoms with Gasteiger partial charge in [-0.25, -0.2) is 9.37 Å². The maximum Gasteiger partial charge on any atom is 0.401 e. The molecule has 1 aliphatic heterocycles. The predicted molar refractivity (Wildman–Crippen MR) is 150 cm³/mol. The molecule has 2 aliphatic rings. The van der Waals surface area contributed by atoms with Crippen LogP contribution in [-0.4, -0.2) is 78.7 Å². The molecule has 0 bridgehead atoms. The van der Waals surface area contributed by atoms with Crippen molar-refractivity contribution in [2.75, 3.05) is 51.9 Å². The highest BCUT2D eigenvalue weighted by Gasteiger charge is 2.66. The van der Waals surface area contributed by atoms with E-state index in [0.717, 1.165) is 25.7 Å². The van der Waals surface area contributed by atoms with Gasteiger partial charge in [0.05, 0.1) is 49.7 Å². The highest BCUT2D eigenvalue weighted by atomic mass is 19.4. The number of amides is 1. The summed E-state index contributed by atoms with van der Waals surface area (Å²) in [5.74, 6) is -0.797. The molecule has 3 heterocycles. The standard InChI is InChI=1S/C30H29F4N5O5/c1-41-24-15-22-21(14-25(24)43-11-8-39-6-9-42-10-7-39)35-17-23(36-22)19-3-2-18(20(31)12-19)13-28(40)37-27-16-26(44-38-27)29(4-5-29)30(32,33)34/h2-3,12,14-17H,4-11,13H2,1H3,(H,37,38,40). The fourth-order valence-corrected chi connectivity index (χ4v) is 5.11. The summed E-state index contributed by atoms with van der Waals surface area (Å²) >= 11 is 0. The van der Waals surface area contributed by atoms with Crippen LogP contribution < -0.4 is 14.8 Å². The number of carbonyl (C=O) groups is 1. The molecule has 2 aromatic heterocycles. The van der Waals surface area contributed by atoms with Crippen molar-refractivity contribution < 1.29 is 41.1 Å². The van der Waals surface area contributed by atoms with E-state index in [0.29, 0.717) is 53.6 Å². The summed E-state index contributed by atoms with van der Waals surface area (Å²) in [5.41, 5.74) is -0.0324. The number of halogens is 4. The van der Waals surface area contributed by atoms with Gasteiger partial charge in [0.15, 0.2) is 23.1 Å². The number of benzene rings is 2. The first-order chi connectivity index (χ1) is 21.1. The number of methoxy groups -OCH3 is 1. The Labute approximate surface area is 249 Å². The zero-order valence-corrected chi connectivity index (χ0v) is 23.7. The molecule has 0 unspecified atom stereocenters. The summed E-state index contributed by atoms with van der Waals surface area (Å²) in [6.07, 6.45) is -3.52. The first-order valence-electron chi connectivity index (χ1n) is 14.1. The Morgan fingerprint density at radius 1 is 1.09 bits per heavy atom. The molecular weight excluding hydrogens is 586 g/mol. The first kappa shape index (κ1) is 29.8. The zero-order chi connectivity index (χ0) is 30.9. The van der Waals surface area contributed by atoms with Crippen LogP contribution >= 0.6 is 0 Å². The number of carbonyl (C=O) groups excluding carboxylic acids is 1. The summed E-state index contributed by atoms with van der Waals surface area (Å²) in [6, 6.07) is 8.81. The smallest absolute Gasteiger partial charge is 0.401 e. The Balaban J connectivity index is 1.11. The van der Waals surface area contributed by atoms with Crippen molar-refractivity contribution >= 4 is 22.8 Å². The van der Waals surface area contributed by atoms with Crippen LogP contribution in [0, 0.1) is 5.82 Å². The van der Waals surface area contributed by atoms with E-state index in [-0.39, 0.29) is 36.4 Å². The lowest BCUT2D eigenvalue weighted by atomic mass is 10.0. The number of nitrogens with one attached hydrogen (secondary N) is 1. The number of aromatic nitrogens is 3. The number of ether oxygens (including phenoxy) is 3. The normalized spacial score (nSPS) is 16.6. The number of hydrogen-bond acceptors (Lipinski definition) is 9. The van der Waals surface area contributed by atoms with E-state index in [9.17, 15) is 18.0 Å². The largest absolute Gasteiger partial charge is 0.493 e. The Hall–Kier alpha value is -4.30. The van der Waals surface area contributed by atoms with Gasteiger partial charge in [-0.3, -0.25) is 14.7 Å². The first-order valence-corrected chi connectivity index (χ1v) is 14.1. The molecule has 0 spiro atoms. The maximum atomic E-state index is 15.0. The number of rotatable bonds is 10. The fourth-order valence-electron chi connectivity index (χ4n) is 5.11. The molecule has 1 saturated heterocycles. The van der Waals surface area contributed by atoms with Gasteiger partial charge in [0.25, 0.3) is 0 Å². The van der Waals surface area contributed by atoms with Gasteiger partial charge in [0, 0.05) is 43.4 Å². The lowest BCUT2D eigenvalue weighted by Crippen LogP contribution is -2.38. The van der Waals surface area contributed by atoms with Gasteiger partial charge in [-0.1, -0.05) is 17.3 Å². The van der Waals surface area contributed by atoms with E-state index in [1.54, 1.807) is 18.2 Å². The Morgan fingerprint density at radius 2 is 1.86 bits per heavy atom. The van der Waals surface area contributed by atoms with Gasteiger partial charge in [0.2, 0.25) is 5.91 Å². The monoisotopic (exact) mass is 615 g/mol. The van der Waals surface area contributed by atoms with Crippen LogP contribution in [0.5, 0.6) is 11.5 Å². The molecule has 1 amide bonds. The maximum absolute atomic E-state index is 15.0. The van der Waals surface area contributed by atoms with Crippen LogP contribution in [0.25, 0.3) is 22.3 Å².